The third kappa shape index (κ3) is 3.51. The van der Waals surface area contributed by atoms with E-state index in [9.17, 15) is 0 Å². The minimum absolute atomic E-state index is 0.350. The Kier molecular flexibility index (Phi) is 5.14. The third-order valence-electron chi connectivity index (χ3n) is 3.37. The molecule has 0 radical (unpaired) electrons. The van der Waals surface area contributed by atoms with Crippen molar-refractivity contribution in [2.75, 3.05) is 19.0 Å². The number of nitrogens with one attached hydrogen (secondary N) is 1. The molecule has 2 rings (SSSR count). The second-order valence-electron chi connectivity index (χ2n) is 5.29. The lowest BCUT2D eigenvalue weighted by Gasteiger charge is -2.17. The Morgan fingerprint density at radius 3 is 2.43 bits per heavy atom. The van der Waals surface area contributed by atoms with Crippen LogP contribution in [0.3, 0.4) is 0 Å². The van der Waals surface area contributed by atoms with Crippen molar-refractivity contribution in [2.24, 2.45) is 0 Å². The topological polar surface area (TPSA) is 47.0 Å². The van der Waals surface area contributed by atoms with Crippen molar-refractivity contribution in [3.63, 3.8) is 0 Å². The molecular weight excluding hydrogens is 262 g/mol. The molecule has 0 bridgehead atoms. The summed E-state index contributed by atoms with van der Waals surface area (Å²) in [5.41, 5.74) is 3.24. The number of hydrogen-bond acceptors (Lipinski definition) is 4. The van der Waals surface area contributed by atoms with Crippen LogP contribution >= 0.6 is 0 Å². The summed E-state index contributed by atoms with van der Waals surface area (Å²) < 4.78 is 5.21. The van der Waals surface area contributed by atoms with Gasteiger partial charge in [0.25, 0.3) is 0 Å². The van der Waals surface area contributed by atoms with Crippen molar-refractivity contribution in [3.8, 4) is 17.0 Å². The molecule has 1 aromatic heterocycles. The lowest BCUT2D eigenvalue weighted by atomic mass is 9.97. The smallest absolute Gasteiger partial charge is 0.133 e. The van der Waals surface area contributed by atoms with Gasteiger partial charge in [0.2, 0.25) is 0 Å². The maximum Gasteiger partial charge on any atom is 0.133 e. The van der Waals surface area contributed by atoms with Crippen molar-refractivity contribution >= 4 is 5.82 Å². The first-order valence-electron chi connectivity index (χ1n) is 7.40. The number of hydrogen-bond donors (Lipinski definition) is 1. The molecule has 4 heteroatoms. The Bertz CT molecular complexity index is 579. The zero-order valence-electron chi connectivity index (χ0n) is 13.2. The SMILES string of the molecule is CCCNc1ncnc(-c2ccc(OC)cc2)c1C(C)C. The Labute approximate surface area is 126 Å². The summed E-state index contributed by atoms with van der Waals surface area (Å²) in [6.07, 6.45) is 2.70. The summed E-state index contributed by atoms with van der Waals surface area (Å²) in [5, 5.41) is 3.40. The fraction of sp³-hybridized carbons (Fsp3) is 0.412. The van der Waals surface area contributed by atoms with Gasteiger partial charge in [0.15, 0.2) is 0 Å². The van der Waals surface area contributed by atoms with Crippen LogP contribution < -0.4 is 10.1 Å². The number of methoxy groups -OCH3 is 1. The van der Waals surface area contributed by atoms with E-state index in [1.807, 2.05) is 24.3 Å². The summed E-state index contributed by atoms with van der Waals surface area (Å²) in [5.74, 6) is 2.14. The van der Waals surface area contributed by atoms with Crippen LogP contribution in [0.2, 0.25) is 0 Å². The van der Waals surface area contributed by atoms with Crippen LogP contribution in [0.1, 0.15) is 38.7 Å². The molecule has 112 valence electrons. The number of anilines is 1. The average molecular weight is 285 g/mol. The molecule has 4 nitrogen and oxygen atoms in total. The fourth-order valence-electron chi connectivity index (χ4n) is 2.31. The number of benzene rings is 1. The summed E-state index contributed by atoms with van der Waals surface area (Å²) in [4.78, 5) is 8.91. The van der Waals surface area contributed by atoms with E-state index in [-0.39, 0.29) is 0 Å². The molecule has 0 aliphatic heterocycles. The van der Waals surface area contributed by atoms with E-state index in [1.165, 1.54) is 0 Å². The number of nitrogens with zero attached hydrogens (tertiary/aromatic N) is 2. The number of ether oxygens (including phenoxy) is 1. The van der Waals surface area contributed by atoms with E-state index < -0.39 is 0 Å². The quantitative estimate of drug-likeness (QED) is 0.868. The van der Waals surface area contributed by atoms with Crippen LogP contribution in [0.25, 0.3) is 11.3 Å². The van der Waals surface area contributed by atoms with E-state index in [1.54, 1.807) is 13.4 Å². The van der Waals surface area contributed by atoms with Gasteiger partial charge in [-0.1, -0.05) is 20.8 Å². The predicted octanol–water partition coefficient (Wildman–Crippen LogP) is 4.10. The second-order valence-corrected chi connectivity index (χ2v) is 5.29. The molecule has 21 heavy (non-hydrogen) atoms. The number of rotatable bonds is 6. The lowest BCUT2D eigenvalue weighted by Crippen LogP contribution is -2.08. The maximum atomic E-state index is 5.21. The first-order valence-corrected chi connectivity index (χ1v) is 7.40. The molecule has 2 aromatic rings. The Hall–Kier alpha value is -2.10. The van der Waals surface area contributed by atoms with Gasteiger partial charge in [-0.2, -0.15) is 0 Å². The second kappa shape index (κ2) is 7.07. The normalized spacial score (nSPS) is 10.7. The summed E-state index contributed by atoms with van der Waals surface area (Å²) in [6, 6.07) is 7.99. The molecule has 0 amide bonds. The monoisotopic (exact) mass is 285 g/mol. The highest BCUT2D eigenvalue weighted by molar-refractivity contribution is 5.69. The summed E-state index contributed by atoms with van der Waals surface area (Å²) in [6.45, 7) is 7.40. The van der Waals surface area contributed by atoms with Crippen LogP contribution in [0.5, 0.6) is 5.75 Å². The van der Waals surface area contributed by atoms with E-state index in [2.05, 4.69) is 36.1 Å². The van der Waals surface area contributed by atoms with Gasteiger partial charge in [-0.3, -0.25) is 0 Å². The third-order valence-corrected chi connectivity index (χ3v) is 3.37. The van der Waals surface area contributed by atoms with Gasteiger partial charge >= 0.3 is 0 Å². The Morgan fingerprint density at radius 1 is 1.14 bits per heavy atom. The van der Waals surface area contributed by atoms with Gasteiger partial charge in [-0.15, -0.1) is 0 Å². The first-order chi connectivity index (χ1) is 10.2. The molecule has 0 unspecified atom stereocenters. The van der Waals surface area contributed by atoms with Crippen molar-refractivity contribution < 1.29 is 4.74 Å². The van der Waals surface area contributed by atoms with E-state index in [0.29, 0.717) is 5.92 Å². The first kappa shape index (κ1) is 15.3. The standard InChI is InChI=1S/C17H23N3O/c1-5-10-18-17-15(12(2)3)16(19-11-20-17)13-6-8-14(21-4)9-7-13/h6-9,11-12H,5,10H2,1-4H3,(H,18,19,20). The van der Waals surface area contributed by atoms with Gasteiger partial charge in [0.05, 0.1) is 12.8 Å². The molecule has 0 saturated heterocycles. The van der Waals surface area contributed by atoms with Crippen LogP contribution in [-0.2, 0) is 0 Å². The van der Waals surface area contributed by atoms with Gasteiger partial charge in [-0.05, 0) is 36.6 Å². The van der Waals surface area contributed by atoms with Gasteiger partial charge in [-0.25, -0.2) is 9.97 Å². The van der Waals surface area contributed by atoms with Gasteiger partial charge < -0.3 is 10.1 Å². The minimum Gasteiger partial charge on any atom is -0.497 e. The predicted molar refractivity (Wildman–Crippen MR) is 86.9 cm³/mol. The minimum atomic E-state index is 0.350. The van der Waals surface area contributed by atoms with Crippen molar-refractivity contribution in [1.82, 2.24) is 9.97 Å². The molecule has 0 atom stereocenters. The van der Waals surface area contributed by atoms with Crippen LogP contribution in [-0.4, -0.2) is 23.6 Å². The molecule has 1 N–H and O–H groups in total. The summed E-state index contributed by atoms with van der Waals surface area (Å²) >= 11 is 0. The molecule has 0 saturated carbocycles. The average Bonchev–Trinajstić information content (AvgIpc) is 2.52. The van der Waals surface area contributed by atoms with Crippen LogP contribution in [0, 0.1) is 0 Å². The molecule has 0 spiro atoms. The number of aromatic nitrogens is 2. The maximum absolute atomic E-state index is 5.21. The largest absolute Gasteiger partial charge is 0.497 e. The van der Waals surface area contributed by atoms with Crippen molar-refractivity contribution in [1.29, 1.82) is 0 Å². The fourth-order valence-corrected chi connectivity index (χ4v) is 2.31. The highest BCUT2D eigenvalue weighted by atomic mass is 16.5. The zero-order valence-corrected chi connectivity index (χ0v) is 13.2. The molecule has 0 aliphatic rings. The summed E-state index contributed by atoms with van der Waals surface area (Å²) in [7, 11) is 1.67. The Morgan fingerprint density at radius 2 is 1.86 bits per heavy atom. The molecule has 0 fully saturated rings. The van der Waals surface area contributed by atoms with Gasteiger partial charge in [0.1, 0.15) is 17.9 Å². The van der Waals surface area contributed by atoms with Gasteiger partial charge in [0, 0.05) is 17.7 Å². The zero-order chi connectivity index (χ0) is 15.2. The molecular formula is C17H23N3O. The highest BCUT2D eigenvalue weighted by Crippen LogP contribution is 2.32. The molecule has 0 aliphatic carbocycles. The molecule has 1 heterocycles. The molecule has 1 aromatic carbocycles. The van der Waals surface area contributed by atoms with Crippen molar-refractivity contribution in [2.45, 2.75) is 33.1 Å². The van der Waals surface area contributed by atoms with E-state index >= 15 is 0 Å². The van der Waals surface area contributed by atoms with Crippen LogP contribution in [0.15, 0.2) is 30.6 Å². The van der Waals surface area contributed by atoms with Crippen molar-refractivity contribution in [3.05, 3.63) is 36.2 Å². The lowest BCUT2D eigenvalue weighted by molar-refractivity contribution is 0.415. The van der Waals surface area contributed by atoms with E-state index in [4.69, 9.17) is 4.74 Å². The Balaban J connectivity index is 2.45. The van der Waals surface area contributed by atoms with Crippen LogP contribution in [0.4, 0.5) is 5.82 Å². The highest BCUT2D eigenvalue weighted by Gasteiger charge is 2.16. The van der Waals surface area contributed by atoms with E-state index in [0.717, 1.165) is 41.4 Å².